The van der Waals surface area contributed by atoms with E-state index in [1.807, 2.05) is 24.3 Å². The third-order valence-corrected chi connectivity index (χ3v) is 4.42. The monoisotopic (exact) mass is 336 g/mol. The molecule has 0 radical (unpaired) electrons. The van der Waals surface area contributed by atoms with E-state index in [1.165, 1.54) is 0 Å². The zero-order valence-corrected chi connectivity index (χ0v) is 12.7. The van der Waals surface area contributed by atoms with Crippen molar-refractivity contribution in [2.75, 3.05) is 13.1 Å². The fourth-order valence-corrected chi connectivity index (χ4v) is 3.06. The van der Waals surface area contributed by atoms with E-state index in [0.29, 0.717) is 0 Å². The van der Waals surface area contributed by atoms with E-state index in [9.17, 15) is 5.11 Å². The summed E-state index contributed by atoms with van der Waals surface area (Å²) in [5.41, 5.74) is 0.952. The molecule has 1 unspecified atom stereocenters. The predicted octanol–water partition coefficient (Wildman–Crippen LogP) is 1.98. The van der Waals surface area contributed by atoms with Gasteiger partial charge in [0.25, 0.3) is 0 Å². The maximum absolute atomic E-state index is 10.3. The minimum absolute atomic E-state index is 0.439. The van der Waals surface area contributed by atoms with E-state index in [0.717, 1.165) is 48.5 Å². The molecule has 0 saturated heterocycles. The first-order valence-electron chi connectivity index (χ1n) is 6.75. The van der Waals surface area contributed by atoms with Crippen LogP contribution in [-0.2, 0) is 13.1 Å². The minimum Gasteiger partial charge on any atom is -0.388 e. The summed E-state index contributed by atoms with van der Waals surface area (Å²) in [6.45, 7) is 3.57. The van der Waals surface area contributed by atoms with E-state index in [-0.39, 0.29) is 0 Å². The molecule has 1 aliphatic heterocycles. The lowest BCUT2D eigenvalue weighted by atomic mass is 10.1. The van der Waals surface area contributed by atoms with Crippen LogP contribution in [-0.4, -0.2) is 37.9 Å². The number of aliphatic hydroxyl groups is 1. The Balaban J connectivity index is 1.57. The molecule has 0 aliphatic carbocycles. The number of fused-ring (bicyclic) bond motifs is 1. The molecule has 0 bridgehead atoms. The SMILES string of the molecule is OC(CCN1CCn2cnnc2C1)c1ccccc1Br. The summed E-state index contributed by atoms with van der Waals surface area (Å²) in [7, 11) is 0. The van der Waals surface area contributed by atoms with Crippen molar-refractivity contribution in [3.05, 3.63) is 46.5 Å². The molecule has 2 aromatic rings. The molecule has 3 rings (SSSR count). The molecule has 0 saturated carbocycles. The highest BCUT2D eigenvalue weighted by molar-refractivity contribution is 9.10. The van der Waals surface area contributed by atoms with Crippen LogP contribution >= 0.6 is 15.9 Å². The van der Waals surface area contributed by atoms with E-state index >= 15 is 0 Å². The summed E-state index contributed by atoms with van der Waals surface area (Å²) in [6, 6.07) is 7.83. The van der Waals surface area contributed by atoms with Crippen LogP contribution in [0.1, 0.15) is 23.9 Å². The second kappa shape index (κ2) is 6.03. The van der Waals surface area contributed by atoms with Crippen molar-refractivity contribution in [3.8, 4) is 0 Å². The molecule has 1 aromatic heterocycles. The van der Waals surface area contributed by atoms with E-state index < -0.39 is 6.10 Å². The largest absolute Gasteiger partial charge is 0.388 e. The first kappa shape index (κ1) is 13.7. The average molecular weight is 337 g/mol. The third-order valence-electron chi connectivity index (χ3n) is 3.70. The van der Waals surface area contributed by atoms with E-state index in [2.05, 4.69) is 35.6 Å². The summed E-state index contributed by atoms with van der Waals surface area (Å²) in [5.74, 6) is 1.01. The highest BCUT2D eigenvalue weighted by Crippen LogP contribution is 2.25. The molecule has 1 atom stereocenters. The molecule has 106 valence electrons. The van der Waals surface area contributed by atoms with Gasteiger partial charge < -0.3 is 9.67 Å². The number of hydrogen-bond donors (Lipinski definition) is 1. The molecule has 0 fully saturated rings. The highest BCUT2D eigenvalue weighted by Gasteiger charge is 2.19. The summed E-state index contributed by atoms with van der Waals surface area (Å²) in [4.78, 5) is 2.31. The van der Waals surface area contributed by atoms with Gasteiger partial charge >= 0.3 is 0 Å². The van der Waals surface area contributed by atoms with Crippen LogP contribution in [0, 0.1) is 0 Å². The summed E-state index contributed by atoms with van der Waals surface area (Å²) in [5, 5.41) is 18.3. The van der Waals surface area contributed by atoms with Crippen LogP contribution in [0.2, 0.25) is 0 Å². The maximum Gasteiger partial charge on any atom is 0.147 e. The van der Waals surface area contributed by atoms with Crippen molar-refractivity contribution < 1.29 is 5.11 Å². The standard InChI is InChI=1S/C14H17BrN4O/c15-12-4-2-1-3-11(12)13(20)5-6-18-7-8-19-10-16-17-14(19)9-18/h1-4,10,13,20H,5-9H2. The van der Waals surface area contributed by atoms with Gasteiger partial charge in [-0.25, -0.2) is 0 Å². The molecule has 2 heterocycles. The lowest BCUT2D eigenvalue weighted by Gasteiger charge is -2.27. The van der Waals surface area contributed by atoms with Crippen molar-refractivity contribution in [1.82, 2.24) is 19.7 Å². The zero-order valence-electron chi connectivity index (χ0n) is 11.1. The number of halogens is 1. The van der Waals surface area contributed by atoms with Crippen molar-refractivity contribution in [1.29, 1.82) is 0 Å². The van der Waals surface area contributed by atoms with Gasteiger partial charge in [0.1, 0.15) is 12.2 Å². The topological polar surface area (TPSA) is 54.2 Å². The lowest BCUT2D eigenvalue weighted by molar-refractivity contribution is 0.129. The lowest BCUT2D eigenvalue weighted by Crippen LogP contribution is -2.34. The summed E-state index contributed by atoms with van der Waals surface area (Å²) >= 11 is 3.48. The Hall–Kier alpha value is -1.24. The van der Waals surface area contributed by atoms with Crippen molar-refractivity contribution in [2.45, 2.75) is 25.6 Å². The van der Waals surface area contributed by atoms with Gasteiger partial charge in [0, 0.05) is 24.1 Å². The normalized spacial score (nSPS) is 16.9. The number of benzene rings is 1. The molecule has 20 heavy (non-hydrogen) atoms. The third kappa shape index (κ3) is 2.92. The number of aliphatic hydroxyl groups excluding tert-OH is 1. The van der Waals surface area contributed by atoms with Gasteiger partial charge in [-0.1, -0.05) is 34.1 Å². The van der Waals surface area contributed by atoms with Gasteiger partial charge in [-0.3, -0.25) is 4.90 Å². The number of aromatic nitrogens is 3. The Morgan fingerprint density at radius 2 is 2.15 bits per heavy atom. The molecular weight excluding hydrogens is 320 g/mol. The smallest absolute Gasteiger partial charge is 0.147 e. The summed E-state index contributed by atoms with van der Waals surface area (Å²) < 4.78 is 3.05. The Bertz CT molecular complexity index is 586. The Morgan fingerprint density at radius 3 is 3.00 bits per heavy atom. The predicted molar refractivity (Wildman–Crippen MR) is 79.0 cm³/mol. The molecule has 0 spiro atoms. The molecule has 1 aromatic carbocycles. The Morgan fingerprint density at radius 1 is 1.30 bits per heavy atom. The average Bonchev–Trinajstić information content (AvgIpc) is 2.92. The molecule has 6 heteroatoms. The van der Waals surface area contributed by atoms with E-state index in [4.69, 9.17) is 0 Å². The minimum atomic E-state index is -0.439. The second-order valence-corrected chi connectivity index (χ2v) is 5.90. The Kier molecular flexibility index (Phi) is 4.14. The van der Waals surface area contributed by atoms with Gasteiger partial charge in [-0.2, -0.15) is 0 Å². The van der Waals surface area contributed by atoms with Crippen molar-refractivity contribution in [2.24, 2.45) is 0 Å². The van der Waals surface area contributed by atoms with Crippen LogP contribution in [0.15, 0.2) is 35.1 Å². The fraction of sp³-hybridized carbons (Fsp3) is 0.429. The number of rotatable bonds is 4. The second-order valence-electron chi connectivity index (χ2n) is 5.04. The number of hydrogen-bond acceptors (Lipinski definition) is 4. The van der Waals surface area contributed by atoms with Gasteiger partial charge in [0.2, 0.25) is 0 Å². The van der Waals surface area contributed by atoms with Gasteiger partial charge in [0.15, 0.2) is 0 Å². The highest BCUT2D eigenvalue weighted by atomic mass is 79.9. The van der Waals surface area contributed by atoms with Crippen LogP contribution in [0.5, 0.6) is 0 Å². The van der Waals surface area contributed by atoms with Gasteiger partial charge in [-0.05, 0) is 18.1 Å². The molecule has 0 amide bonds. The van der Waals surface area contributed by atoms with Crippen LogP contribution in [0.25, 0.3) is 0 Å². The fourth-order valence-electron chi connectivity index (χ4n) is 2.51. The first-order chi connectivity index (χ1) is 9.74. The van der Waals surface area contributed by atoms with E-state index in [1.54, 1.807) is 6.33 Å². The maximum atomic E-state index is 10.3. The number of nitrogens with zero attached hydrogens (tertiary/aromatic N) is 4. The molecule has 1 N–H and O–H groups in total. The Labute approximate surface area is 126 Å². The van der Waals surface area contributed by atoms with Crippen LogP contribution in [0.4, 0.5) is 0 Å². The summed E-state index contributed by atoms with van der Waals surface area (Å²) in [6.07, 6.45) is 2.06. The van der Waals surface area contributed by atoms with Gasteiger partial charge in [0.05, 0.1) is 12.6 Å². The molecule has 5 nitrogen and oxygen atoms in total. The van der Waals surface area contributed by atoms with Crippen molar-refractivity contribution >= 4 is 15.9 Å². The van der Waals surface area contributed by atoms with Crippen LogP contribution in [0.3, 0.4) is 0 Å². The van der Waals surface area contributed by atoms with Gasteiger partial charge in [-0.15, -0.1) is 10.2 Å². The van der Waals surface area contributed by atoms with Crippen molar-refractivity contribution in [3.63, 3.8) is 0 Å². The zero-order chi connectivity index (χ0) is 13.9. The molecular formula is C14H17BrN4O. The molecule has 1 aliphatic rings. The van der Waals surface area contributed by atoms with Crippen LogP contribution < -0.4 is 0 Å². The first-order valence-corrected chi connectivity index (χ1v) is 7.55. The quantitative estimate of drug-likeness (QED) is 0.927.